The zero-order valence-electron chi connectivity index (χ0n) is 10.2. The molecule has 2 heteroatoms. The molecule has 2 unspecified atom stereocenters. The number of hydrogen-bond donors (Lipinski definition) is 1. The molecular formula is C13H26O2. The van der Waals surface area contributed by atoms with Crippen LogP contribution in [0.5, 0.6) is 0 Å². The zero-order chi connectivity index (χ0) is 11.1. The molecule has 0 aromatic carbocycles. The third-order valence-electron chi connectivity index (χ3n) is 3.74. The van der Waals surface area contributed by atoms with Gasteiger partial charge < -0.3 is 9.84 Å². The molecule has 0 aromatic heterocycles. The molecule has 1 aliphatic rings. The number of methoxy groups -OCH3 is 1. The molecule has 90 valence electrons. The Hall–Kier alpha value is -0.0800. The Morgan fingerprint density at radius 2 is 1.80 bits per heavy atom. The van der Waals surface area contributed by atoms with Crippen molar-refractivity contribution in [2.24, 2.45) is 11.8 Å². The van der Waals surface area contributed by atoms with Crippen LogP contribution in [-0.4, -0.2) is 24.9 Å². The van der Waals surface area contributed by atoms with Crippen molar-refractivity contribution >= 4 is 0 Å². The van der Waals surface area contributed by atoms with Crippen LogP contribution in [0.1, 0.15) is 51.9 Å². The Kier molecular flexibility index (Phi) is 6.26. The van der Waals surface area contributed by atoms with Crippen LogP contribution in [0.3, 0.4) is 0 Å². The van der Waals surface area contributed by atoms with Gasteiger partial charge in [-0.05, 0) is 31.1 Å². The molecule has 2 nitrogen and oxygen atoms in total. The van der Waals surface area contributed by atoms with E-state index < -0.39 is 0 Å². The predicted octanol–water partition coefficient (Wildman–Crippen LogP) is 2.99. The monoisotopic (exact) mass is 214 g/mol. The van der Waals surface area contributed by atoms with E-state index in [1.54, 1.807) is 7.11 Å². The first-order valence-electron chi connectivity index (χ1n) is 6.42. The molecule has 0 aliphatic heterocycles. The van der Waals surface area contributed by atoms with Crippen LogP contribution in [0.2, 0.25) is 0 Å². The second kappa shape index (κ2) is 7.24. The summed E-state index contributed by atoms with van der Waals surface area (Å²) in [5.74, 6) is 0.924. The van der Waals surface area contributed by atoms with Gasteiger partial charge in [0.2, 0.25) is 0 Å². The highest BCUT2D eigenvalue weighted by Gasteiger charge is 2.24. The molecule has 1 rings (SSSR count). The van der Waals surface area contributed by atoms with Crippen molar-refractivity contribution in [3.05, 3.63) is 0 Å². The van der Waals surface area contributed by atoms with Gasteiger partial charge in [0.25, 0.3) is 0 Å². The molecule has 1 fully saturated rings. The Morgan fingerprint density at radius 3 is 2.33 bits per heavy atom. The summed E-state index contributed by atoms with van der Waals surface area (Å²) in [5.41, 5.74) is 0. The lowest BCUT2D eigenvalue weighted by Gasteiger charge is -2.26. The quantitative estimate of drug-likeness (QED) is 0.713. The van der Waals surface area contributed by atoms with Gasteiger partial charge in [0.15, 0.2) is 0 Å². The van der Waals surface area contributed by atoms with Crippen molar-refractivity contribution in [3.63, 3.8) is 0 Å². The molecule has 0 spiro atoms. The average Bonchev–Trinajstić information content (AvgIpc) is 2.53. The molecular weight excluding hydrogens is 188 g/mol. The lowest BCUT2D eigenvalue weighted by atomic mass is 9.85. The van der Waals surface area contributed by atoms with Crippen LogP contribution in [0, 0.1) is 11.8 Å². The van der Waals surface area contributed by atoms with Crippen LogP contribution < -0.4 is 0 Å². The molecule has 0 bridgehead atoms. The van der Waals surface area contributed by atoms with Gasteiger partial charge in [-0.25, -0.2) is 0 Å². The fourth-order valence-corrected chi connectivity index (χ4v) is 2.59. The van der Waals surface area contributed by atoms with E-state index in [0.717, 1.165) is 13.0 Å². The van der Waals surface area contributed by atoms with Crippen LogP contribution >= 0.6 is 0 Å². The number of aliphatic hydroxyl groups is 1. The van der Waals surface area contributed by atoms with E-state index in [2.05, 4.69) is 6.92 Å². The second-order valence-corrected chi connectivity index (χ2v) is 5.00. The maximum absolute atomic E-state index is 10.2. The van der Waals surface area contributed by atoms with Gasteiger partial charge in [-0.3, -0.25) is 0 Å². The maximum Gasteiger partial charge on any atom is 0.0594 e. The van der Waals surface area contributed by atoms with E-state index in [9.17, 15) is 5.11 Å². The third kappa shape index (κ3) is 4.52. The van der Waals surface area contributed by atoms with Crippen molar-refractivity contribution < 1.29 is 9.84 Å². The highest BCUT2D eigenvalue weighted by atomic mass is 16.5. The van der Waals surface area contributed by atoms with Crippen molar-refractivity contribution in [3.8, 4) is 0 Å². The molecule has 0 aromatic rings. The smallest absolute Gasteiger partial charge is 0.0594 e. The third-order valence-corrected chi connectivity index (χ3v) is 3.74. The molecule has 0 heterocycles. The van der Waals surface area contributed by atoms with Crippen LogP contribution in [-0.2, 0) is 4.74 Å². The average molecular weight is 214 g/mol. The number of aliphatic hydroxyl groups excluding tert-OH is 1. The zero-order valence-corrected chi connectivity index (χ0v) is 10.2. The van der Waals surface area contributed by atoms with Gasteiger partial charge in [-0.15, -0.1) is 0 Å². The second-order valence-electron chi connectivity index (χ2n) is 5.00. The summed E-state index contributed by atoms with van der Waals surface area (Å²) >= 11 is 0. The van der Waals surface area contributed by atoms with Gasteiger partial charge >= 0.3 is 0 Å². The van der Waals surface area contributed by atoms with E-state index in [1.165, 1.54) is 38.5 Å². The van der Waals surface area contributed by atoms with Crippen molar-refractivity contribution in [2.45, 2.75) is 58.0 Å². The standard InChI is InChI=1S/C13H26O2/c1-11(9-10-15-2)13(14)12-7-5-3-4-6-8-12/h11-14H,3-10H2,1-2H3. The molecule has 1 saturated carbocycles. The summed E-state index contributed by atoms with van der Waals surface area (Å²) in [5, 5.41) is 10.2. The molecule has 0 saturated heterocycles. The van der Waals surface area contributed by atoms with Crippen LogP contribution in [0.25, 0.3) is 0 Å². The predicted molar refractivity (Wildman–Crippen MR) is 62.9 cm³/mol. The molecule has 0 radical (unpaired) electrons. The normalized spacial score (nSPS) is 23.4. The first-order chi connectivity index (χ1) is 7.25. The summed E-state index contributed by atoms with van der Waals surface area (Å²) in [7, 11) is 1.73. The molecule has 15 heavy (non-hydrogen) atoms. The van der Waals surface area contributed by atoms with Gasteiger partial charge in [-0.1, -0.05) is 32.6 Å². The van der Waals surface area contributed by atoms with Crippen LogP contribution in [0.15, 0.2) is 0 Å². The van der Waals surface area contributed by atoms with E-state index >= 15 is 0 Å². The fraction of sp³-hybridized carbons (Fsp3) is 1.00. The molecule has 1 N–H and O–H groups in total. The Labute approximate surface area is 94.0 Å². The van der Waals surface area contributed by atoms with Crippen LogP contribution in [0.4, 0.5) is 0 Å². The van der Waals surface area contributed by atoms with Gasteiger partial charge in [-0.2, -0.15) is 0 Å². The van der Waals surface area contributed by atoms with Gasteiger partial charge in [0.1, 0.15) is 0 Å². The molecule has 2 atom stereocenters. The summed E-state index contributed by atoms with van der Waals surface area (Å²) < 4.78 is 5.06. The minimum Gasteiger partial charge on any atom is -0.393 e. The summed E-state index contributed by atoms with van der Waals surface area (Å²) in [6, 6.07) is 0. The van der Waals surface area contributed by atoms with Crippen molar-refractivity contribution in [1.29, 1.82) is 0 Å². The van der Waals surface area contributed by atoms with Crippen molar-refractivity contribution in [2.75, 3.05) is 13.7 Å². The first kappa shape index (κ1) is 13.0. The van der Waals surface area contributed by atoms with Gasteiger partial charge in [0, 0.05) is 13.7 Å². The SMILES string of the molecule is COCCC(C)C(O)C1CCCCCC1. The number of hydrogen-bond acceptors (Lipinski definition) is 2. The Balaban J connectivity index is 2.32. The highest BCUT2D eigenvalue weighted by molar-refractivity contribution is 4.76. The minimum absolute atomic E-state index is 0.113. The molecule has 1 aliphatic carbocycles. The fourth-order valence-electron chi connectivity index (χ4n) is 2.59. The number of ether oxygens (including phenoxy) is 1. The first-order valence-corrected chi connectivity index (χ1v) is 6.42. The number of rotatable bonds is 5. The van der Waals surface area contributed by atoms with Crippen molar-refractivity contribution in [1.82, 2.24) is 0 Å². The summed E-state index contributed by atoms with van der Waals surface area (Å²) in [6.45, 7) is 2.92. The van der Waals surface area contributed by atoms with E-state index in [-0.39, 0.29) is 6.10 Å². The maximum atomic E-state index is 10.2. The topological polar surface area (TPSA) is 29.5 Å². The van der Waals surface area contributed by atoms with E-state index in [4.69, 9.17) is 4.74 Å². The highest BCUT2D eigenvalue weighted by Crippen LogP contribution is 2.29. The Bertz CT molecular complexity index is 151. The lowest BCUT2D eigenvalue weighted by molar-refractivity contribution is 0.0354. The minimum atomic E-state index is -0.113. The molecule has 0 amide bonds. The summed E-state index contributed by atoms with van der Waals surface area (Å²) in [4.78, 5) is 0. The van der Waals surface area contributed by atoms with Gasteiger partial charge in [0.05, 0.1) is 6.10 Å². The van der Waals surface area contributed by atoms with E-state index in [0.29, 0.717) is 11.8 Å². The largest absolute Gasteiger partial charge is 0.393 e. The van der Waals surface area contributed by atoms with E-state index in [1.807, 2.05) is 0 Å². The summed E-state index contributed by atoms with van der Waals surface area (Å²) in [6.07, 6.45) is 8.63. The Morgan fingerprint density at radius 1 is 1.20 bits per heavy atom. The lowest BCUT2D eigenvalue weighted by Crippen LogP contribution is -2.28.